The van der Waals surface area contributed by atoms with Crippen LogP contribution in [0, 0.1) is 0 Å². The lowest BCUT2D eigenvalue weighted by molar-refractivity contribution is 0.414. The average molecular weight is 397 g/mol. The molecule has 3 heterocycles. The fourth-order valence-corrected chi connectivity index (χ4v) is 4.81. The van der Waals surface area contributed by atoms with Crippen LogP contribution in [0.1, 0.15) is 41.5 Å². The highest BCUT2D eigenvalue weighted by atomic mass is 16.5. The van der Waals surface area contributed by atoms with Gasteiger partial charge in [-0.25, -0.2) is 9.97 Å². The highest BCUT2D eigenvalue weighted by molar-refractivity contribution is 5.73. The van der Waals surface area contributed by atoms with Gasteiger partial charge in [0, 0.05) is 24.5 Å². The van der Waals surface area contributed by atoms with Crippen LogP contribution < -0.4 is 15.8 Å². The number of benzene rings is 2. The molecule has 150 valence electrons. The van der Waals surface area contributed by atoms with Crippen LogP contribution in [0.5, 0.6) is 5.75 Å². The highest BCUT2D eigenvalue weighted by Crippen LogP contribution is 2.54. The maximum absolute atomic E-state index is 6.37. The summed E-state index contributed by atoms with van der Waals surface area (Å²) in [6.45, 7) is 0. The molecule has 6 nitrogen and oxygen atoms in total. The van der Waals surface area contributed by atoms with Crippen LogP contribution in [0.25, 0.3) is 5.52 Å². The standard InChI is InChI=1S/C24H23N5O/c1-30-17-8-6-16(7-9-17)24(10-11-24)23-28-20(21-22(25)26-12-13-29(21)23)19-14-15-4-2-3-5-18(15)27-19/h2-9,12-13,19,27H,10-11,14H2,1H3,(H2,25,26). The van der Waals surface area contributed by atoms with E-state index in [0.29, 0.717) is 5.82 Å². The summed E-state index contributed by atoms with van der Waals surface area (Å²) in [6, 6.07) is 16.9. The number of ether oxygens (including phenoxy) is 1. The van der Waals surface area contributed by atoms with Gasteiger partial charge in [0.2, 0.25) is 0 Å². The van der Waals surface area contributed by atoms with Crippen LogP contribution in [0.4, 0.5) is 11.5 Å². The number of hydrogen-bond acceptors (Lipinski definition) is 5. The summed E-state index contributed by atoms with van der Waals surface area (Å²) in [5.74, 6) is 2.43. The van der Waals surface area contributed by atoms with Crippen molar-refractivity contribution < 1.29 is 4.74 Å². The number of nitrogens with two attached hydrogens (primary N) is 1. The van der Waals surface area contributed by atoms with Crippen LogP contribution in [0.2, 0.25) is 0 Å². The largest absolute Gasteiger partial charge is 0.497 e. The molecule has 0 radical (unpaired) electrons. The van der Waals surface area contributed by atoms with E-state index in [4.69, 9.17) is 15.5 Å². The Morgan fingerprint density at radius 3 is 2.67 bits per heavy atom. The number of para-hydroxylation sites is 1. The van der Waals surface area contributed by atoms with Crippen molar-refractivity contribution in [3.8, 4) is 5.75 Å². The van der Waals surface area contributed by atoms with Crippen molar-refractivity contribution >= 4 is 17.0 Å². The topological polar surface area (TPSA) is 77.5 Å². The number of anilines is 2. The fraction of sp³-hybridized carbons (Fsp3) is 0.250. The van der Waals surface area contributed by atoms with Gasteiger partial charge >= 0.3 is 0 Å². The second-order valence-electron chi connectivity index (χ2n) is 8.22. The first-order valence-electron chi connectivity index (χ1n) is 10.3. The molecule has 0 bridgehead atoms. The number of nitrogen functional groups attached to an aromatic ring is 1. The molecule has 2 aliphatic rings. The number of imidazole rings is 1. The van der Waals surface area contributed by atoms with Gasteiger partial charge in [-0.1, -0.05) is 30.3 Å². The van der Waals surface area contributed by atoms with Crippen LogP contribution >= 0.6 is 0 Å². The van der Waals surface area contributed by atoms with E-state index in [1.54, 1.807) is 13.3 Å². The van der Waals surface area contributed by atoms with Crippen molar-refractivity contribution in [3.05, 3.63) is 83.6 Å². The summed E-state index contributed by atoms with van der Waals surface area (Å²) in [5.41, 5.74) is 11.9. The third-order valence-corrected chi connectivity index (χ3v) is 6.53. The van der Waals surface area contributed by atoms with Crippen LogP contribution in [0.3, 0.4) is 0 Å². The first-order valence-corrected chi connectivity index (χ1v) is 10.3. The molecule has 1 aliphatic heterocycles. The quantitative estimate of drug-likeness (QED) is 0.542. The molecule has 0 amide bonds. The predicted octanol–water partition coefficient (Wildman–Crippen LogP) is 4.11. The molecule has 1 fully saturated rings. The zero-order valence-corrected chi connectivity index (χ0v) is 16.8. The Morgan fingerprint density at radius 1 is 1.13 bits per heavy atom. The van der Waals surface area contributed by atoms with Crippen LogP contribution in [0.15, 0.2) is 60.9 Å². The van der Waals surface area contributed by atoms with Gasteiger partial charge in [-0.3, -0.25) is 4.40 Å². The minimum atomic E-state index is -0.0906. The summed E-state index contributed by atoms with van der Waals surface area (Å²) in [7, 11) is 1.69. The summed E-state index contributed by atoms with van der Waals surface area (Å²) in [6.07, 6.45) is 6.78. The Kier molecular flexibility index (Phi) is 3.60. The van der Waals surface area contributed by atoms with Crippen LogP contribution in [-0.2, 0) is 11.8 Å². The average Bonchev–Trinajstić information content (AvgIpc) is 3.30. The minimum absolute atomic E-state index is 0.0873. The summed E-state index contributed by atoms with van der Waals surface area (Å²) < 4.78 is 7.49. The number of aromatic nitrogens is 3. The molecule has 30 heavy (non-hydrogen) atoms. The minimum Gasteiger partial charge on any atom is -0.497 e. The predicted molar refractivity (Wildman–Crippen MR) is 117 cm³/mol. The monoisotopic (exact) mass is 397 g/mol. The number of nitrogens with one attached hydrogen (secondary N) is 1. The van der Waals surface area contributed by atoms with Crippen molar-refractivity contribution in [2.75, 3.05) is 18.2 Å². The second-order valence-corrected chi connectivity index (χ2v) is 8.22. The maximum atomic E-state index is 6.37. The zero-order chi connectivity index (χ0) is 20.3. The van der Waals surface area contributed by atoms with E-state index < -0.39 is 0 Å². The lowest BCUT2D eigenvalue weighted by atomic mass is 9.95. The molecule has 3 N–H and O–H groups in total. The summed E-state index contributed by atoms with van der Waals surface area (Å²) in [4.78, 5) is 9.59. The molecular formula is C24H23N5O. The van der Waals surface area contributed by atoms with Gasteiger partial charge < -0.3 is 15.8 Å². The zero-order valence-electron chi connectivity index (χ0n) is 16.8. The number of fused-ring (bicyclic) bond motifs is 2. The van der Waals surface area contributed by atoms with Gasteiger partial charge in [-0.15, -0.1) is 0 Å². The van der Waals surface area contributed by atoms with Crippen molar-refractivity contribution in [1.29, 1.82) is 0 Å². The number of nitrogens with zero attached hydrogens (tertiary/aromatic N) is 3. The first-order chi connectivity index (χ1) is 14.7. The number of hydrogen-bond donors (Lipinski definition) is 2. The third-order valence-electron chi connectivity index (χ3n) is 6.53. The molecule has 2 aromatic carbocycles. The maximum Gasteiger partial charge on any atom is 0.149 e. The van der Waals surface area contributed by atoms with E-state index in [1.165, 1.54) is 16.8 Å². The molecule has 4 aromatic rings. The van der Waals surface area contributed by atoms with Gasteiger partial charge in [0.1, 0.15) is 22.9 Å². The molecule has 6 rings (SSSR count). The Hall–Kier alpha value is -3.54. The van der Waals surface area contributed by atoms with Gasteiger partial charge in [0.15, 0.2) is 0 Å². The van der Waals surface area contributed by atoms with E-state index in [-0.39, 0.29) is 11.5 Å². The van der Waals surface area contributed by atoms with E-state index in [2.05, 4.69) is 51.1 Å². The lowest BCUT2D eigenvalue weighted by Gasteiger charge is -2.15. The van der Waals surface area contributed by atoms with Crippen LogP contribution in [-0.4, -0.2) is 21.5 Å². The molecule has 1 aliphatic carbocycles. The van der Waals surface area contributed by atoms with Gasteiger partial charge in [-0.05, 0) is 42.2 Å². The van der Waals surface area contributed by atoms with E-state index in [9.17, 15) is 0 Å². The summed E-state index contributed by atoms with van der Waals surface area (Å²) >= 11 is 0. The lowest BCUT2D eigenvalue weighted by Crippen LogP contribution is -2.14. The van der Waals surface area contributed by atoms with Crippen molar-refractivity contribution in [2.45, 2.75) is 30.7 Å². The third kappa shape index (κ3) is 2.43. The molecular weight excluding hydrogens is 374 g/mol. The van der Waals surface area contributed by atoms with Crippen molar-refractivity contribution in [1.82, 2.24) is 14.4 Å². The van der Waals surface area contributed by atoms with E-state index >= 15 is 0 Å². The van der Waals surface area contributed by atoms with Gasteiger partial charge in [0.05, 0.1) is 24.3 Å². The molecule has 1 atom stereocenters. The van der Waals surface area contributed by atoms with Gasteiger partial charge in [-0.2, -0.15) is 0 Å². The SMILES string of the molecule is COc1ccc(C2(c3nc(C4Cc5ccccc5N4)c4c(N)nccn34)CC2)cc1. The Bertz CT molecular complexity index is 1230. The summed E-state index contributed by atoms with van der Waals surface area (Å²) in [5, 5.41) is 3.63. The van der Waals surface area contributed by atoms with Crippen molar-refractivity contribution in [2.24, 2.45) is 0 Å². The second kappa shape index (κ2) is 6.23. The number of methoxy groups -OCH3 is 1. The Labute approximate surface area is 174 Å². The smallest absolute Gasteiger partial charge is 0.149 e. The normalized spacial score (nSPS) is 18.8. The van der Waals surface area contributed by atoms with E-state index in [1.807, 2.05) is 18.3 Å². The molecule has 1 saturated carbocycles. The first kappa shape index (κ1) is 17.3. The van der Waals surface area contributed by atoms with Gasteiger partial charge in [0.25, 0.3) is 0 Å². The molecule has 0 spiro atoms. The Balaban J connectivity index is 1.49. The molecule has 6 heteroatoms. The number of rotatable bonds is 4. The molecule has 1 unspecified atom stereocenters. The molecule has 2 aromatic heterocycles. The highest BCUT2D eigenvalue weighted by Gasteiger charge is 2.50. The fourth-order valence-electron chi connectivity index (χ4n) is 4.81. The Morgan fingerprint density at radius 2 is 1.93 bits per heavy atom. The van der Waals surface area contributed by atoms with Crippen molar-refractivity contribution in [3.63, 3.8) is 0 Å². The molecule has 0 saturated heterocycles. The van der Waals surface area contributed by atoms with E-state index in [0.717, 1.165) is 42.0 Å².